The molecule has 0 amide bonds. The van der Waals surface area contributed by atoms with Crippen molar-refractivity contribution in [3.63, 3.8) is 0 Å². The molecule has 0 saturated heterocycles. The van der Waals surface area contributed by atoms with Crippen LogP contribution in [0.3, 0.4) is 0 Å². The zero-order valence-electron chi connectivity index (χ0n) is 10.5. The van der Waals surface area contributed by atoms with E-state index in [9.17, 15) is 0 Å². The SMILES string of the molecule is COc1ccc(Br)c(CNC2CCC(C)C2)c1. The van der Waals surface area contributed by atoms with Crippen LogP contribution in [0, 0.1) is 5.92 Å². The van der Waals surface area contributed by atoms with E-state index in [1.165, 1.54) is 24.8 Å². The number of halogens is 1. The Morgan fingerprint density at radius 1 is 1.41 bits per heavy atom. The van der Waals surface area contributed by atoms with Crippen LogP contribution in [0.4, 0.5) is 0 Å². The van der Waals surface area contributed by atoms with Crippen LogP contribution in [0.2, 0.25) is 0 Å². The Hall–Kier alpha value is -0.540. The van der Waals surface area contributed by atoms with Crippen molar-refractivity contribution in [3.8, 4) is 5.75 Å². The highest BCUT2D eigenvalue weighted by atomic mass is 79.9. The Morgan fingerprint density at radius 2 is 2.24 bits per heavy atom. The number of hydrogen-bond donors (Lipinski definition) is 1. The lowest BCUT2D eigenvalue weighted by atomic mass is 10.1. The van der Waals surface area contributed by atoms with E-state index in [1.54, 1.807) is 7.11 Å². The van der Waals surface area contributed by atoms with Gasteiger partial charge in [0, 0.05) is 17.1 Å². The maximum absolute atomic E-state index is 5.25. The number of hydrogen-bond acceptors (Lipinski definition) is 2. The van der Waals surface area contributed by atoms with Gasteiger partial charge in [0.1, 0.15) is 5.75 Å². The van der Waals surface area contributed by atoms with Crippen molar-refractivity contribution in [2.24, 2.45) is 5.92 Å². The van der Waals surface area contributed by atoms with E-state index in [4.69, 9.17) is 4.74 Å². The van der Waals surface area contributed by atoms with Crippen LogP contribution >= 0.6 is 15.9 Å². The molecule has 0 aliphatic heterocycles. The van der Waals surface area contributed by atoms with Crippen LogP contribution in [-0.2, 0) is 6.54 Å². The molecule has 0 radical (unpaired) electrons. The van der Waals surface area contributed by atoms with Gasteiger partial charge >= 0.3 is 0 Å². The number of rotatable bonds is 4. The van der Waals surface area contributed by atoms with Crippen molar-refractivity contribution in [2.75, 3.05) is 7.11 Å². The first-order valence-corrected chi connectivity index (χ1v) is 7.04. The molecule has 2 nitrogen and oxygen atoms in total. The van der Waals surface area contributed by atoms with E-state index in [-0.39, 0.29) is 0 Å². The number of ether oxygens (including phenoxy) is 1. The summed E-state index contributed by atoms with van der Waals surface area (Å²) in [5.41, 5.74) is 1.27. The topological polar surface area (TPSA) is 21.3 Å². The molecule has 0 bridgehead atoms. The van der Waals surface area contributed by atoms with Crippen LogP contribution in [0.25, 0.3) is 0 Å². The minimum atomic E-state index is 0.683. The molecule has 2 unspecified atom stereocenters. The van der Waals surface area contributed by atoms with Crippen molar-refractivity contribution in [1.82, 2.24) is 5.32 Å². The Morgan fingerprint density at radius 3 is 2.88 bits per heavy atom. The second-order valence-corrected chi connectivity index (χ2v) is 5.81. The van der Waals surface area contributed by atoms with Crippen molar-refractivity contribution >= 4 is 15.9 Å². The predicted molar refractivity (Wildman–Crippen MR) is 74.3 cm³/mol. The molecule has 1 N–H and O–H groups in total. The van der Waals surface area contributed by atoms with Gasteiger partial charge in [-0.25, -0.2) is 0 Å². The van der Waals surface area contributed by atoms with Gasteiger partial charge in [-0.05, 0) is 48.9 Å². The second-order valence-electron chi connectivity index (χ2n) is 4.95. The highest BCUT2D eigenvalue weighted by Gasteiger charge is 2.20. The summed E-state index contributed by atoms with van der Waals surface area (Å²) in [5.74, 6) is 1.80. The van der Waals surface area contributed by atoms with Gasteiger partial charge in [-0.3, -0.25) is 0 Å². The molecule has 1 aliphatic carbocycles. The fourth-order valence-corrected chi connectivity index (χ4v) is 2.85. The smallest absolute Gasteiger partial charge is 0.119 e. The molecular weight excluding hydrogens is 278 g/mol. The van der Waals surface area contributed by atoms with Crippen LogP contribution < -0.4 is 10.1 Å². The van der Waals surface area contributed by atoms with E-state index >= 15 is 0 Å². The van der Waals surface area contributed by atoms with Crippen molar-refractivity contribution in [2.45, 2.75) is 38.8 Å². The average Bonchev–Trinajstić information content (AvgIpc) is 2.74. The molecule has 1 aromatic rings. The molecule has 1 saturated carbocycles. The lowest BCUT2D eigenvalue weighted by Crippen LogP contribution is -2.25. The van der Waals surface area contributed by atoms with Crippen molar-refractivity contribution in [3.05, 3.63) is 28.2 Å². The molecule has 1 aliphatic rings. The number of nitrogens with one attached hydrogen (secondary N) is 1. The van der Waals surface area contributed by atoms with Gasteiger partial charge in [-0.2, -0.15) is 0 Å². The molecule has 94 valence electrons. The predicted octanol–water partition coefficient (Wildman–Crippen LogP) is 3.74. The maximum atomic E-state index is 5.25. The highest BCUT2D eigenvalue weighted by Crippen LogP contribution is 2.26. The second kappa shape index (κ2) is 5.87. The molecule has 0 spiro atoms. The molecule has 0 aromatic heterocycles. The Balaban J connectivity index is 1.94. The van der Waals surface area contributed by atoms with Gasteiger partial charge in [0.2, 0.25) is 0 Å². The van der Waals surface area contributed by atoms with E-state index in [2.05, 4.69) is 34.2 Å². The van der Waals surface area contributed by atoms with E-state index < -0.39 is 0 Å². The summed E-state index contributed by atoms with van der Waals surface area (Å²) in [4.78, 5) is 0. The van der Waals surface area contributed by atoms with Crippen molar-refractivity contribution < 1.29 is 4.74 Å². The molecular formula is C14H20BrNO. The van der Waals surface area contributed by atoms with Crippen LogP contribution in [0.15, 0.2) is 22.7 Å². The molecule has 3 heteroatoms. The lowest BCUT2D eigenvalue weighted by molar-refractivity contribution is 0.413. The molecule has 0 heterocycles. The van der Waals surface area contributed by atoms with E-state index in [0.29, 0.717) is 6.04 Å². The largest absolute Gasteiger partial charge is 0.497 e. The monoisotopic (exact) mass is 297 g/mol. The Kier molecular flexibility index (Phi) is 4.46. The summed E-state index contributed by atoms with van der Waals surface area (Å²) in [6, 6.07) is 6.80. The first kappa shape index (κ1) is 12.9. The number of benzene rings is 1. The van der Waals surface area contributed by atoms with Crippen LogP contribution in [-0.4, -0.2) is 13.2 Å². The third-order valence-corrected chi connectivity index (χ3v) is 4.30. The first-order valence-electron chi connectivity index (χ1n) is 6.25. The standard InChI is InChI=1S/C14H20BrNO/c1-10-3-4-12(7-10)16-9-11-8-13(17-2)5-6-14(11)15/h5-6,8,10,12,16H,3-4,7,9H2,1-2H3. The van der Waals surface area contributed by atoms with Crippen LogP contribution in [0.5, 0.6) is 5.75 Å². The number of methoxy groups -OCH3 is 1. The van der Waals surface area contributed by atoms with E-state index in [0.717, 1.165) is 22.7 Å². The fourth-order valence-electron chi connectivity index (χ4n) is 2.46. The summed E-state index contributed by atoms with van der Waals surface area (Å²) >= 11 is 3.59. The third-order valence-electron chi connectivity index (χ3n) is 3.53. The van der Waals surface area contributed by atoms with Crippen molar-refractivity contribution in [1.29, 1.82) is 0 Å². The highest BCUT2D eigenvalue weighted by molar-refractivity contribution is 9.10. The van der Waals surface area contributed by atoms with Gasteiger partial charge in [-0.15, -0.1) is 0 Å². The average molecular weight is 298 g/mol. The molecule has 1 aromatic carbocycles. The van der Waals surface area contributed by atoms with E-state index in [1.807, 2.05) is 12.1 Å². The summed E-state index contributed by atoms with van der Waals surface area (Å²) in [6.45, 7) is 3.25. The quantitative estimate of drug-likeness (QED) is 0.914. The summed E-state index contributed by atoms with van der Waals surface area (Å²) in [6.07, 6.45) is 3.97. The molecule has 1 fully saturated rings. The molecule has 2 rings (SSSR count). The van der Waals surface area contributed by atoms with Gasteiger partial charge in [-0.1, -0.05) is 22.9 Å². The summed E-state index contributed by atoms with van der Waals surface area (Å²) in [5, 5.41) is 3.63. The normalized spacial score (nSPS) is 23.9. The first-order chi connectivity index (χ1) is 8.19. The van der Waals surface area contributed by atoms with Gasteiger partial charge < -0.3 is 10.1 Å². The zero-order chi connectivity index (χ0) is 12.3. The fraction of sp³-hybridized carbons (Fsp3) is 0.571. The lowest BCUT2D eigenvalue weighted by Gasteiger charge is -2.14. The van der Waals surface area contributed by atoms with Crippen LogP contribution in [0.1, 0.15) is 31.7 Å². The van der Waals surface area contributed by atoms with Gasteiger partial charge in [0.25, 0.3) is 0 Å². The van der Waals surface area contributed by atoms with Gasteiger partial charge in [0.15, 0.2) is 0 Å². The summed E-state index contributed by atoms with van der Waals surface area (Å²) in [7, 11) is 1.71. The molecule has 2 atom stereocenters. The summed E-state index contributed by atoms with van der Waals surface area (Å²) < 4.78 is 6.40. The Bertz CT molecular complexity index is 380. The van der Waals surface area contributed by atoms with Gasteiger partial charge in [0.05, 0.1) is 7.11 Å². The maximum Gasteiger partial charge on any atom is 0.119 e. The minimum absolute atomic E-state index is 0.683. The third kappa shape index (κ3) is 3.46. The zero-order valence-corrected chi connectivity index (χ0v) is 12.1. The minimum Gasteiger partial charge on any atom is -0.497 e. The molecule has 17 heavy (non-hydrogen) atoms. The Labute approximate surface area is 112 Å².